The number of nitrogens with zero attached hydrogens (tertiary/aromatic N) is 1. The molecular weight excluding hydrogens is 412 g/mol. The molecule has 0 unspecified atom stereocenters. The maximum absolute atomic E-state index is 12.8. The molecule has 2 aromatic carbocycles. The summed E-state index contributed by atoms with van der Waals surface area (Å²) in [6.07, 6.45) is 7.11. The Morgan fingerprint density at radius 2 is 1.58 bits per heavy atom. The summed E-state index contributed by atoms with van der Waals surface area (Å²) in [6, 6.07) is 14.5. The third-order valence-corrected chi connectivity index (χ3v) is 7.22. The molecule has 6 nitrogen and oxygen atoms in total. The molecule has 0 atom stereocenters. The molecule has 1 saturated heterocycles. The largest absolute Gasteiger partial charge is 0.380 e. The van der Waals surface area contributed by atoms with Gasteiger partial charge in [0.05, 0.1) is 11.5 Å². The number of methoxy groups -OCH3 is 1. The van der Waals surface area contributed by atoms with Crippen molar-refractivity contribution in [2.45, 2.75) is 43.7 Å². The summed E-state index contributed by atoms with van der Waals surface area (Å²) in [5.74, 6) is -0.206. The lowest BCUT2D eigenvalue weighted by Gasteiger charge is -2.19. The number of ether oxygens (including phenoxy) is 1. The van der Waals surface area contributed by atoms with Gasteiger partial charge in [0.2, 0.25) is 15.9 Å². The molecule has 1 aliphatic heterocycles. The Bertz CT molecular complexity index is 975. The van der Waals surface area contributed by atoms with Gasteiger partial charge in [0.1, 0.15) is 0 Å². The van der Waals surface area contributed by atoms with Crippen molar-refractivity contribution in [3.05, 3.63) is 71.3 Å². The van der Waals surface area contributed by atoms with Crippen molar-refractivity contribution in [1.29, 1.82) is 0 Å². The van der Waals surface area contributed by atoms with Gasteiger partial charge < -0.3 is 10.1 Å². The van der Waals surface area contributed by atoms with Crippen LogP contribution in [-0.4, -0.2) is 38.8 Å². The van der Waals surface area contributed by atoms with Gasteiger partial charge in [0, 0.05) is 32.8 Å². The van der Waals surface area contributed by atoms with Crippen LogP contribution in [0, 0.1) is 0 Å². The highest BCUT2D eigenvalue weighted by Crippen LogP contribution is 2.21. The zero-order valence-corrected chi connectivity index (χ0v) is 18.7. The molecule has 1 aliphatic rings. The first-order valence-electron chi connectivity index (χ1n) is 10.6. The van der Waals surface area contributed by atoms with E-state index < -0.39 is 10.0 Å². The number of amides is 1. The number of carbonyl (C=O) groups is 1. The predicted molar refractivity (Wildman–Crippen MR) is 122 cm³/mol. The summed E-state index contributed by atoms with van der Waals surface area (Å²) in [4.78, 5) is 12.4. The van der Waals surface area contributed by atoms with Gasteiger partial charge in [-0.05, 0) is 47.7 Å². The van der Waals surface area contributed by atoms with Crippen molar-refractivity contribution in [2.75, 3.05) is 20.2 Å². The van der Waals surface area contributed by atoms with E-state index in [1.54, 1.807) is 41.8 Å². The number of carbonyl (C=O) groups excluding carboxylic acids is 1. The van der Waals surface area contributed by atoms with E-state index in [4.69, 9.17) is 4.74 Å². The molecule has 166 valence electrons. The van der Waals surface area contributed by atoms with E-state index in [9.17, 15) is 13.2 Å². The summed E-state index contributed by atoms with van der Waals surface area (Å²) in [5, 5.41) is 2.85. The lowest BCUT2D eigenvalue weighted by atomic mass is 10.1. The van der Waals surface area contributed by atoms with Crippen LogP contribution in [-0.2, 0) is 32.7 Å². The van der Waals surface area contributed by atoms with E-state index in [1.165, 1.54) is 6.08 Å². The fraction of sp³-hybridized carbons (Fsp3) is 0.375. The first kappa shape index (κ1) is 23.2. The second-order valence-electron chi connectivity index (χ2n) is 7.69. The molecule has 7 heteroatoms. The maximum atomic E-state index is 12.8. The zero-order chi connectivity index (χ0) is 22.1. The molecule has 1 amide bonds. The number of rotatable bonds is 8. The van der Waals surface area contributed by atoms with Crippen LogP contribution in [0.25, 0.3) is 6.08 Å². The van der Waals surface area contributed by atoms with Gasteiger partial charge in [-0.15, -0.1) is 0 Å². The number of hydrogen-bond acceptors (Lipinski definition) is 4. The predicted octanol–water partition coefficient (Wildman–Crippen LogP) is 3.73. The molecule has 3 rings (SSSR count). The van der Waals surface area contributed by atoms with Gasteiger partial charge in [-0.25, -0.2) is 8.42 Å². The zero-order valence-electron chi connectivity index (χ0n) is 17.9. The quantitative estimate of drug-likeness (QED) is 0.632. The van der Waals surface area contributed by atoms with Gasteiger partial charge in [0.15, 0.2) is 0 Å². The molecule has 1 heterocycles. The Kier molecular flexibility index (Phi) is 8.40. The van der Waals surface area contributed by atoms with E-state index in [1.807, 2.05) is 24.3 Å². The minimum atomic E-state index is -3.46. The standard InChI is InChI=1S/C24H30N2O4S/c1-30-19-22-8-6-21(7-9-22)18-25-24(27)15-12-20-10-13-23(14-11-20)31(28,29)26-16-4-2-3-5-17-26/h6-15H,2-5,16-19H2,1H3,(H,25,27)/b15-12+. The third kappa shape index (κ3) is 6.75. The monoisotopic (exact) mass is 442 g/mol. The van der Waals surface area contributed by atoms with Gasteiger partial charge in [0.25, 0.3) is 0 Å². The van der Waals surface area contributed by atoms with Crippen molar-refractivity contribution in [1.82, 2.24) is 9.62 Å². The van der Waals surface area contributed by atoms with Crippen molar-refractivity contribution < 1.29 is 17.9 Å². The summed E-state index contributed by atoms with van der Waals surface area (Å²) in [6.45, 7) is 2.16. The normalized spacial score (nSPS) is 15.6. The average molecular weight is 443 g/mol. The minimum Gasteiger partial charge on any atom is -0.380 e. The van der Waals surface area contributed by atoms with Gasteiger partial charge in [-0.2, -0.15) is 4.31 Å². The summed E-state index contributed by atoms with van der Waals surface area (Å²) in [7, 11) is -1.80. The van der Waals surface area contributed by atoms with E-state index in [2.05, 4.69) is 5.32 Å². The van der Waals surface area contributed by atoms with Crippen LogP contribution in [0.2, 0.25) is 0 Å². The fourth-order valence-corrected chi connectivity index (χ4v) is 5.04. The number of hydrogen-bond donors (Lipinski definition) is 1. The molecule has 1 N–H and O–H groups in total. The maximum Gasteiger partial charge on any atom is 0.244 e. The number of benzene rings is 2. The molecule has 0 saturated carbocycles. The highest BCUT2D eigenvalue weighted by molar-refractivity contribution is 7.89. The smallest absolute Gasteiger partial charge is 0.244 e. The van der Waals surface area contributed by atoms with Crippen LogP contribution in [0.5, 0.6) is 0 Å². The van der Waals surface area contributed by atoms with Crippen molar-refractivity contribution in [3.8, 4) is 0 Å². The van der Waals surface area contributed by atoms with E-state index in [-0.39, 0.29) is 5.91 Å². The van der Waals surface area contributed by atoms with Crippen molar-refractivity contribution in [3.63, 3.8) is 0 Å². The second kappa shape index (κ2) is 11.2. The molecule has 0 bridgehead atoms. The van der Waals surface area contributed by atoms with Gasteiger partial charge >= 0.3 is 0 Å². The lowest BCUT2D eigenvalue weighted by molar-refractivity contribution is -0.116. The lowest BCUT2D eigenvalue weighted by Crippen LogP contribution is -2.31. The molecule has 0 radical (unpaired) electrons. The first-order chi connectivity index (χ1) is 15.0. The average Bonchev–Trinajstić information content (AvgIpc) is 3.08. The Balaban J connectivity index is 1.54. The third-order valence-electron chi connectivity index (χ3n) is 5.31. The fourth-order valence-electron chi connectivity index (χ4n) is 3.52. The van der Waals surface area contributed by atoms with Crippen molar-refractivity contribution in [2.24, 2.45) is 0 Å². The minimum absolute atomic E-state index is 0.206. The molecule has 0 aromatic heterocycles. The molecule has 0 spiro atoms. The van der Waals surface area contributed by atoms with Crippen LogP contribution in [0.3, 0.4) is 0 Å². The van der Waals surface area contributed by atoms with Crippen molar-refractivity contribution >= 4 is 22.0 Å². The Labute approximate surface area is 185 Å². The number of nitrogens with one attached hydrogen (secondary N) is 1. The first-order valence-corrected chi connectivity index (χ1v) is 12.1. The van der Waals surface area contributed by atoms with Crippen LogP contribution in [0.4, 0.5) is 0 Å². The molecule has 1 fully saturated rings. The Morgan fingerprint density at radius 1 is 0.968 bits per heavy atom. The molecule has 0 aliphatic carbocycles. The number of sulfonamides is 1. The molecular formula is C24H30N2O4S. The molecule has 2 aromatic rings. The summed E-state index contributed by atoms with van der Waals surface area (Å²) < 4.78 is 32.3. The van der Waals surface area contributed by atoms with Crippen LogP contribution < -0.4 is 5.32 Å². The Hall–Kier alpha value is -2.48. The van der Waals surface area contributed by atoms with Gasteiger partial charge in [-0.3, -0.25) is 4.79 Å². The molecule has 31 heavy (non-hydrogen) atoms. The van der Waals surface area contributed by atoms with Crippen LogP contribution in [0.15, 0.2) is 59.5 Å². The highest BCUT2D eigenvalue weighted by Gasteiger charge is 2.24. The SMILES string of the molecule is COCc1ccc(CNC(=O)/C=C/c2ccc(S(=O)(=O)N3CCCCCC3)cc2)cc1. The van der Waals surface area contributed by atoms with E-state index in [0.717, 1.165) is 42.4 Å². The van der Waals surface area contributed by atoms with E-state index >= 15 is 0 Å². The van der Waals surface area contributed by atoms with Crippen LogP contribution in [0.1, 0.15) is 42.4 Å². The van der Waals surface area contributed by atoms with Gasteiger partial charge in [-0.1, -0.05) is 49.2 Å². The highest BCUT2D eigenvalue weighted by atomic mass is 32.2. The van der Waals surface area contributed by atoms with Crippen LogP contribution >= 0.6 is 0 Å². The van der Waals surface area contributed by atoms with E-state index in [0.29, 0.717) is 31.1 Å². The second-order valence-corrected chi connectivity index (χ2v) is 9.63. The topological polar surface area (TPSA) is 75.7 Å². The Morgan fingerprint density at radius 3 is 2.19 bits per heavy atom. The summed E-state index contributed by atoms with van der Waals surface area (Å²) in [5.41, 5.74) is 2.86. The summed E-state index contributed by atoms with van der Waals surface area (Å²) >= 11 is 0.